The fourth-order valence-electron chi connectivity index (χ4n) is 2.08. The Kier molecular flexibility index (Phi) is 3.33. The summed E-state index contributed by atoms with van der Waals surface area (Å²) in [6.45, 7) is 2.44. The average molecular weight is 296 g/mol. The van der Waals surface area contributed by atoms with Gasteiger partial charge in [0.15, 0.2) is 5.65 Å². The molecule has 0 atom stereocenters. The number of rotatable bonds is 2. The molecule has 0 bridgehead atoms. The molecule has 0 aromatic carbocycles. The third-order valence-corrected chi connectivity index (χ3v) is 3.18. The maximum atomic E-state index is 10.9. The summed E-state index contributed by atoms with van der Waals surface area (Å²) >= 11 is 5.89. The zero-order chi connectivity index (χ0) is 14.1. The van der Waals surface area contributed by atoms with E-state index >= 15 is 0 Å². The van der Waals surface area contributed by atoms with Crippen LogP contribution in [-0.2, 0) is 4.74 Å². The van der Waals surface area contributed by atoms with Crippen LogP contribution in [0.1, 0.15) is 0 Å². The lowest BCUT2D eigenvalue weighted by Crippen LogP contribution is -2.37. The predicted octanol–water partition coefficient (Wildman–Crippen LogP) is 1.42. The van der Waals surface area contributed by atoms with Gasteiger partial charge in [-0.3, -0.25) is 10.1 Å². The molecular formula is C11H10ClN5O3. The molecule has 0 saturated carbocycles. The third kappa shape index (κ3) is 2.35. The summed E-state index contributed by atoms with van der Waals surface area (Å²) in [4.78, 5) is 24.5. The van der Waals surface area contributed by atoms with Crippen molar-refractivity contribution < 1.29 is 9.66 Å². The highest BCUT2D eigenvalue weighted by Crippen LogP contribution is 2.27. The topological polar surface area (TPSA) is 94.3 Å². The molecule has 0 unspecified atom stereocenters. The van der Waals surface area contributed by atoms with Gasteiger partial charge in [-0.15, -0.1) is 0 Å². The highest BCUT2D eigenvalue weighted by molar-refractivity contribution is 6.28. The van der Waals surface area contributed by atoms with Crippen LogP contribution in [0, 0.1) is 10.1 Å². The quantitative estimate of drug-likeness (QED) is 0.470. The fourth-order valence-corrected chi connectivity index (χ4v) is 2.24. The highest BCUT2D eigenvalue weighted by Gasteiger charge is 2.19. The Morgan fingerprint density at radius 2 is 2.10 bits per heavy atom. The Balaban J connectivity index is 2.16. The number of hydrogen-bond acceptors (Lipinski definition) is 7. The van der Waals surface area contributed by atoms with Crippen LogP contribution in [-0.4, -0.2) is 46.2 Å². The van der Waals surface area contributed by atoms with Crippen molar-refractivity contribution in [1.29, 1.82) is 0 Å². The lowest BCUT2D eigenvalue weighted by Gasteiger charge is -2.28. The van der Waals surface area contributed by atoms with E-state index in [1.807, 2.05) is 4.90 Å². The van der Waals surface area contributed by atoms with Crippen molar-refractivity contribution >= 4 is 34.1 Å². The Morgan fingerprint density at radius 3 is 2.80 bits per heavy atom. The monoisotopic (exact) mass is 295 g/mol. The summed E-state index contributed by atoms with van der Waals surface area (Å²) in [6, 6.07) is 1.42. The number of nitro groups is 1. The van der Waals surface area contributed by atoms with Crippen LogP contribution in [0.15, 0.2) is 12.3 Å². The molecule has 9 heteroatoms. The number of morpholine rings is 1. The van der Waals surface area contributed by atoms with Crippen molar-refractivity contribution in [2.24, 2.45) is 0 Å². The van der Waals surface area contributed by atoms with E-state index in [1.54, 1.807) is 0 Å². The van der Waals surface area contributed by atoms with Crippen molar-refractivity contribution in [3.63, 3.8) is 0 Å². The van der Waals surface area contributed by atoms with Gasteiger partial charge in [0.2, 0.25) is 5.28 Å². The summed E-state index contributed by atoms with van der Waals surface area (Å²) in [5.41, 5.74) is 0.245. The summed E-state index contributed by atoms with van der Waals surface area (Å²) in [6.07, 6.45) is 1.16. The van der Waals surface area contributed by atoms with Crippen LogP contribution in [0.2, 0.25) is 5.28 Å². The Morgan fingerprint density at radius 1 is 1.35 bits per heavy atom. The largest absolute Gasteiger partial charge is 0.378 e. The van der Waals surface area contributed by atoms with Gasteiger partial charge in [-0.2, -0.15) is 9.97 Å². The van der Waals surface area contributed by atoms with E-state index in [-0.39, 0.29) is 11.0 Å². The number of anilines is 1. The minimum atomic E-state index is -0.496. The molecule has 20 heavy (non-hydrogen) atoms. The van der Waals surface area contributed by atoms with Crippen molar-refractivity contribution in [1.82, 2.24) is 15.0 Å². The third-order valence-electron chi connectivity index (χ3n) is 3.01. The SMILES string of the molecule is O=[N+]([O-])c1cnc2nc(Cl)nc(N3CCOCC3)c2c1. The van der Waals surface area contributed by atoms with Crippen LogP contribution < -0.4 is 4.90 Å². The lowest BCUT2D eigenvalue weighted by molar-refractivity contribution is -0.385. The normalized spacial score (nSPS) is 15.6. The lowest BCUT2D eigenvalue weighted by atomic mass is 10.2. The van der Waals surface area contributed by atoms with Gasteiger partial charge in [-0.25, -0.2) is 4.98 Å². The van der Waals surface area contributed by atoms with Gasteiger partial charge in [-0.1, -0.05) is 0 Å². The van der Waals surface area contributed by atoms with Gasteiger partial charge >= 0.3 is 0 Å². The van der Waals surface area contributed by atoms with E-state index in [9.17, 15) is 10.1 Å². The minimum absolute atomic E-state index is 0.0698. The number of ether oxygens (including phenoxy) is 1. The number of nitrogens with zero attached hydrogens (tertiary/aromatic N) is 5. The summed E-state index contributed by atoms with van der Waals surface area (Å²) in [5, 5.41) is 11.5. The second kappa shape index (κ2) is 5.14. The Labute approximate surface area is 118 Å². The number of hydrogen-bond donors (Lipinski definition) is 0. The fraction of sp³-hybridized carbons (Fsp3) is 0.364. The molecule has 2 aromatic rings. The maximum absolute atomic E-state index is 10.9. The van der Waals surface area contributed by atoms with E-state index in [1.165, 1.54) is 6.07 Å². The summed E-state index contributed by atoms with van der Waals surface area (Å²) in [5.74, 6) is 0.555. The second-order valence-electron chi connectivity index (χ2n) is 4.24. The van der Waals surface area contributed by atoms with Gasteiger partial charge in [0.1, 0.15) is 12.0 Å². The van der Waals surface area contributed by atoms with E-state index < -0.39 is 4.92 Å². The van der Waals surface area contributed by atoms with Crippen LogP contribution in [0.25, 0.3) is 11.0 Å². The second-order valence-corrected chi connectivity index (χ2v) is 4.58. The molecule has 104 valence electrons. The zero-order valence-electron chi connectivity index (χ0n) is 10.3. The molecule has 8 nitrogen and oxygen atoms in total. The molecule has 0 amide bonds. The average Bonchev–Trinajstić information content (AvgIpc) is 2.46. The number of aromatic nitrogens is 3. The number of pyridine rings is 1. The highest BCUT2D eigenvalue weighted by atomic mass is 35.5. The summed E-state index contributed by atoms with van der Waals surface area (Å²) < 4.78 is 5.28. The van der Waals surface area contributed by atoms with E-state index in [4.69, 9.17) is 16.3 Å². The first kappa shape index (κ1) is 12.9. The van der Waals surface area contributed by atoms with Crippen LogP contribution in [0.3, 0.4) is 0 Å². The molecule has 1 aliphatic heterocycles. The molecule has 0 aliphatic carbocycles. The van der Waals surface area contributed by atoms with Gasteiger partial charge in [0.25, 0.3) is 5.69 Å². The van der Waals surface area contributed by atoms with E-state index in [0.717, 1.165) is 6.20 Å². The van der Waals surface area contributed by atoms with Gasteiger partial charge < -0.3 is 9.64 Å². The van der Waals surface area contributed by atoms with Crippen molar-refractivity contribution in [2.75, 3.05) is 31.2 Å². The molecule has 0 spiro atoms. The molecule has 3 heterocycles. The minimum Gasteiger partial charge on any atom is -0.378 e. The first-order valence-corrected chi connectivity index (χ1v) is 6.33. The zero-order valence-corrected chi connectivity index (χ0v) is 11.1. The maximum Gasteiger partial charge on any atom is 0.288 e. The molecule has 1 aliphatic rings. The van der Waals surface area contributed by atoms with Crippen LogP contribution >= 0.6 is 11.6 Å². The summed E-state index contributed by atoms with van der Waals surface area (Å²) in [7, 11) is 0. The molecule has 0 radical (unpaired) electrons. The molecule has 2 aromatic heterocycles. The van der Waals surface area contributed by atoms with Gasteiger partial charge in [-0.05, 0) is 11.6 Å². The first-order chi connectivity index (χ1) is 9.65. The number of fused-ring (bicyclic) bond motifs is 1. The Hall–Kier alpha value is -2.06. The van der Waals surface area contributed by atoms with Crippen LogP contribution in [0.5, 0.6) is 0 Å². The van der Waals surface area contributed by atoms with Crippen molar-refractivity contribution in [3.8, 4) is 0 Å². The molecular weight excluding hydrogens is 286 g/mol. The smallest absolute Gasteiger partial charge is 0.288 e. The molecule has 1 saturated heterocycles. The van der Waals surface area contributed by atoms with Gasteiger partial charge in [0, 0.05) is 19.2 Å². The molecule has 3 rings (SSSR count). The van der Waals surface area contributed by atoms with E-state index in [0.29, 0.717) is 43.2 Å². The van der Waals surface area contributed by atoms with Gasteiger partial charge in [0.05, 0.1) is 23.5 Å². The van der Waals surface area contributed by atoms with Crippen LogP contribution in [0.4, 0.5) is 11.5 Å². The predicted molar refractivity (Wildman–Crippen MR) is 72.0 cm³/mol. The van der Waals surface area contributed by atoms with Crippen molar-refractivity contribution in [3.05, 3.63) is 27.7 Å². The molecule has 0 N–H and O–H groups in total. The van der Waals surface area contributed by atoms with E-state index in [2.05, 4.69) is 15.0 Å². The Bertz CT molecular complexity index is 674. The number of halogens is 1. The standard InChI is InChI=1S/C11H10ClN5O3/c12-11-14-9-8(5-7(6-13-9)17(18)19)10(15-11)16-1-3-20-4-2-16/h5-6H,1-4H2. The first-order valence-electron chi connectivity index (χ1n) is 5.95. The molecule has 1 fully saturated rings. The van der Waals surface area contributed by atoms with Crippen molar-refractivity contribution in [2.45, 2.75) is 0 Å².